The van der Waals surface area contributed by atoms with E-state index in [-0.39, 0.29) is 0 Å². The van der Waals surface area contributed by atoms with Crippen LogP contribution in [0.5, 0.6) is 0 Å². The molecule has 0 unspecified atom stereocenters. The standard InChI is InChI=1S/C26H36N2/c1-2-18-27(17-1)21-15-25-11-7-23(8-12-25)5-6-24-9-13-26(14-10-24)16-22-28-19-3-4-20-28/h7-14H,1-6,15-22H2. The molecule has 0 radical (unpaired) electrons. The van der Waals surface area contributed by atoms with Gasteiger partial charge in [0, 0.05) is 13.1 Å². The van der Waals surface area contributed by atoms with Crippen molar-refractivity contribution in [1.29, 1.82) is 0 Å². The highest BCUT2D eigenvalue weighted by Crippen LogP contribution is 2.14. The minimum atomic E-state index is 1.14. The van der Waals surface area contributed by atoms with E-state index in [2.05, 4.69) is 58.3 Å². The van der Waals surface area contributed by atoms with Crippen molar-refractivity contribution in [3.05, 3.63) is 70.8 Å². The average Bonchev–Trinajstić information content (AvgIpc) is 3.45. The van der Waals surface area contributed by atoms with Gasteiger partial charge >= 0.3 is 0 Å². The highest BCUT2D eigenvalue weighted by atomic mass is 15.1. The molecule has 2 aromatic carbocycles. The molecule has 0 aromatic heterocycles. The number of benzene rings is 2. The second-order valence-corrected chi connectivity index (χ2v) is 8.73. The fourth-order valence-corrected chi connectivity index (χ4v) is 4.62. The summed E-state index contributed by atoms with van der Waals surface area (Å²) in [4.78, 5) is 5.20. The Morgan fingerprint density at radius 2 is 0.714 bits per heavy atom. The first-order valence-electron chi connectivity index (χ1n) is 11.5. The lowest BCUT2D eigenvalue weighted by Gasteiger charge is -2.14. The highest BCUT2D eigenvalue weighted by molar-refractivity contribution is 5.26. The quantitative estimate of drug-likeness (QED) is 0.623. The van der Waals surface area contributed by atoms with E-state index in [0.717, 1.165) is 12.8 Å². The summed E-state index contributed by atoms with van der Waals surface area (Å²) in [6.07, 6.45) is 10.2. The van der Waals surface area contributed by atoms with Crippen LogP contribution in [0.1, 0.15) is 47.9 Å². The Morgan fingerprint density at radius 3 is 1.04 bits per heavy atom. The second-order valence-electron chi connectivity index (χ2n) is 8.73. The van der Waals surface area contributed by atoms with Gasteiger partial charge in [0.25, 0.3) is 0 Å². The van der Waals surface area contributed by atoms with Gasteiger partial charge < -0.3 is 9.80 Å². The molecule has 2 aliphatic rings. The molecule has 2 heteroatoms. The summed E-state index contributed by atoms with van der Waals surface area (Å²) in [5.41, 5.74) is 5.89. The zero-order valence-electron chi connectivity index (χ0n) is 17.4. The zero-order chi connectivity index (χ0) is 19.0. The third-order valence-electron chi connectivity index (χ3n) is 6.58. The van der Waals surface area contributed by atoms with Gasteiger partial charge in [0.2, 0.25) is 0 Å². The normalized spacial score (nSPS) is 18.1. The van der Waals surface area contributed by atoms with Gasteiger partial charge in [-0.3, -0.25) is 0 Å². The molecule has 2 aliphatic heterocycles. The molecule has 0 saturated carbocycles. The maximum atomic E-state index is 2.60. The van der Waals surface area contributed by atoms with Crippen LogP contribution >= 0.6 is 0 Å². The molecule has 150 valence electrons. The van der Waals surface area contributed by atoms with E-state index in [1.807, 2.05) is 0 Å². The molecule has 0 amide bonds. The van der Waals surface area contributed by atoms with E-state index >= 15 is 0 Å². The summed E-state index contributed by atoms with van der Waals surface area (Å²) < 4.78 is 0. The lowest BCUT2D eigenvalue weighted by molar-refractivity contribution is 0.343. The van der Waals surface area contributed by atoms with Crippen molar-refractivity contribution >= 4 is 0 Å². The first kappa shape index (κ1) is 19.7. The van der Waals surface area contributed by atoms with Gasteiger partial charge in [-0.05, 0) is 99.8 Å². The van der Waals surface area contributed by atoms with Crippen molar-refractivity contribution in [3.8, 4) is 0 Å². The summed E-state index contributed by atoms with van der Waals surface area (Å²) in [5.74, 6) is 0. The van der Waals surface area contributed by atoms with Gasteiger partial charge in [-0.15, -0.1) is 0 Å². The molecular weight excluding hydrogens is 340 g/mol. The fraction of sp³-hybridized carbons (Fsp3) is 0.538. The van der Waals surface area contributed by atoms with E-state index in [0.29, 0.717) is 0 Å². The molecule has 0 aliphatic carbocycles. The van der Waals surface area contributed by atoms with Crippen LogP contribution in [-0.2, 0) is 25.7 Å². The van der Waals surface area contributed by atoms with Gasteiger partial charge in [-0.2, -0.15) is 0 Å². The van der Waals surface area contributed by atoms with Crippen LogP contribution in [0.15, 0.2) is 48.5 Å². The van der Waals surface area contributed by atoms with Crippen molar-refractivity contribution in [1.82, 2.24) is 9.80 Å². The van der Waals surface area contributed by atoms with Gasteiger partial charge in [-0.25, -0.2) is 0 Å². The molecule has 2 saturated heterocycles. The van der Waals surface area contributed by atoms with E-state index in [4.69, 9.17) is 0 Å². The summed E-state index contributed by atoms with van der Waals surface area (Å²) >= 11 is 0. The van der Waals surface area contributed by atoms with Gasteiger partial charge in [-0.1, -0.05) is 48.5 Å². The van der Waals surface area contributed by atoms with Crippen LogP contribution in [-0.4, -0.2) is 49.1 Å². The van der Waals surface area contributed by atoms with Crippen LogP contribution in [0.2, 0.25) is 0 Å². The lowest BCUT2D eigenvalue weighted by atomic mass is 10.0. The molecule has 2 fully saturated rings. The Labute approximate surface area is 171 Å². The Kier molecular flexibility index (Phi) is 7.18. The lowest BCUT2D eigenvalue weighted by Crippen LogP contribution is -2.21. The Balaban J connectivity index is 1.19. The van der Waals surface area contributed by atoms with Crippen LogP contribution in [0.4, 0.5) is 0 Å². The van der Waals surface area contributed by atoms with E-state index < -0.39 is 0 Å². The molecule has 2 heterocycles. The van der Waals surface area contributed by atoms with Gasteiger partial charge in [0.1, 0.15) is 0 Å². The monoisotopic (exact) mass is 376 g/mol. The molecular formula is C26H36N2. The summed E-state index contributed by atoms with van der Waals surface area (Å²) in [5, 5.41) is 0. The topological polar surface area (TPSA) is 6.48 Å². The maximum absolute atomic E-state index is 2.60. The van der Waals surface area contributed by atoms with Crippen LogP contribution in [0, 0.1) is 0 Å². The molecule has 0 spiro atoms. The first-order chi connectivity index (χ1) is 13.8. The largest absolute Gasteiger partial charge is 0.303 e. The first-order valence-corrected chi connectivity index (χ1v) is 11.5. The van der Waals surface area contributed by atoms with Crippen molar-refractivity contribution in [2.45, 2.75) is 51.4 Å². The van der Waals surface area contributed by atoms with Gasteiger partial charge in [0.15, 0.2) is 0 Å². The summed E-state index contributed by atoms with van der Waals surface area (Å²) in [6, 6.07) is 18.7. The minimum Gasteiger partial charge on any atom is -0.303 e. The number of rotatable bonds is 9. The summed E-state index contributed by atoms with van der Waals surface area (Å²) in [7, 11) is 0. The van der Waals surface area contributed by atoms with Crippen molar-refractivity contribution in [2.75, 3.05) is 39.3 Å². The van der Waals surface area contributed by atoms with Gasteiger partial charge in [0.05, 0.1) is 0 Å². The average molecular weight is 377 g/mol. The molecule has 0 atom stereocenters. The third-order valence-corrected chi connectivity index (χ3v) is 6.58. The minimum absolute atomic E-state index is 1.14. The predicted octanol–water partition coefficient (Wildman–Crippen LogP) is 4.75. The molecule has 2 aromatic rings. The molecule has 28 heavy (non-hydrogen) atoms. The second kappa shape index (κ2) is 10.2. The molecule has 2 nitrogen and oxygen atoms in total. The Hall–Kier alpha value is -1.64. The zero-order valence-corrected chi connectivity index (χ0v) is 17.4. The number of likely N-dealkylation sites (tertiary alicyclic amines) is 2. The fourth-order valence-electron chi connectivity index (χ4n) is 4.62. The van der Waals surface area contributed by atoms with Crippen molar-refractivity contribution in [3.63, 3.8) is 0 Å². The highest BCUT2D eigenvalue weighted by Gasteiger charge is 2.11. The van der Waals surface area contributed by atoms with Crippen LogP contribution in [0.3, 0.4) is 0 Å². The Bertz CT molecular complexity index is 629. The molecule has 4 rings (SSSR count). The van der Waals surface area contributed by atoms with Crippen molar-refractivity contribution in [2.24, 2.45) is 0 Å². The molecule has 0 N–H and O–H groups in total. The Morgan fingerprint density at radius 1 is 0.429 bits per heavy atom. The number of hydrogen-bond donors (Lipinski definition) is 0. The number of nitrogens with zero attached hydrogens (tertiary/aromatic N) is 2. The van der Waals surface area contributed by atoms with Crippen molar-refractivity contribution < 1.29 is 0 Å². The van der Waals surface area contributed by atoms with Crippen LogP contribution < -0.4 is 0 Å². The third kappa shape index (κ3) is 5.93. The van der Waals surface area contributed by atoms with E-state index in [1.54, 1.807) is 0 Å². The van der Waals surface area contributed by atoms with Crippen LogP contribution in [0.25, 0.3) is 0 Å². The summed E-state index contributed by atoms with van der Waals surface area (Å²) in [6.45, 7) is 7.65. The molecule has 0 bridgehead atoms. The maximum Gasteiger partial charge on any atom is 0.00218 e. The predicted molar refractivity (Wildman–Crippen MR) is 119 cm³/mol. The number of hydrogen-bond acceptors (Lipinski definition) is 2. The van der Waals surface area contributed by atoms with E-state index in [9.17, 15) is 0 Å². The SMILES string of the molecule is c1cc(CCN2CCCC2)ccc1CCc1ccc(CCN2CCCC2)cc1. The smallest absolute Gasteiger partial charge is 0.00218 e. The number of aryl methyl sites for hydroxylation is 2. The van der Waals surface area contributed by atoms with E-state index in [1.165, 1.54) is 100 Å².